The molecular formula is C23H28N2O6. The van der Waals surface area contributed by atoms with Crippen molar-refractivity contribution in [2.75, 3.05) is 38.1 Å². The zero-order valence-electron chi connectivity index (χ0n) is 18.7. The van der Waals surface area contributed by atoms with Gasteiger partial charge in [0.05, 0.1) is 27.0 Å². The molecule has 3 rings (SSSR count). The van der Waals surface area contributed by atoms with E-state index >= 15 is 0 Å². The second-order valence-electron chi connectivity index (χ2n) is 7.75. The average molecular weight is 428 g/mol. The van der Waals surface area contributed by atoms with Crippen molar-refractivity contribution in [3.63, 3.8) is 0 Å². The third-order valence-electron chi connectivity index (χ3n) is 5.04. The Labute approximate surface area is 182 Å². The lowest BCUT2D eigenvalue weighted by molar-refractivity contribution is -0.132. The molecule has 1 aliphatic heterocycles. The maximum Gasteiger partial charge on any atom is 0.270 e. The quantitative estimate of drug-likeness (QED) is 0.726. The number of rotatable bonds is 7. The number of anilines is 2. The molecule has 0 fully saturated rings. The van der Waals surface area contributed by atoms with Crippen LogP contribution < -0.4 is 29.2 Å². The summed E-state index contributed by atoms with van der Waals surface area (Å²) in [7, 11) is 4.53. The Morgan fingerprint density at radius 2 is 1.71 bits per heavy atom. The van der Waals surface area contributed by atoms with Crippen LogP contribution in [0.25, 0.3) is 0 Å². The fourth-order valence-electron chi connectivity index (χ4n) is 3.49. The third kappa shape index (κ3) is 4.52. The van der Waals surface area contributed by atoms with E-state index in [4.69, 9.17) is 18.9 Å². The summed E-state index contributed by atoms with van der Waals surface area (Å²) in [6.45, 7) is 5.61. The van der Waals surface area contributed by atoms with Gasteiger partial charge in [0.25, 0.3) is 5.91 Å². The van der Waals surface area contributed by atoms with E-state index < -0.39 is 5.60 Å². The van der Waals surface area contributed by atoms with Crippen molar-refractivity contribution >= 4 is 23.2 Å². The molecule has 2 amide bonds. The minimum Gasteiger partial charge on any atom is -0.493 e. The van der Waals surface area contributed by atoms with Crippen molar-refractivity contribution in [3.05, 3.63) is 35.9 Å². The summed E-state index contributed by atoms with van der Waals surface area (Å²) in [4.78, 5) is 27.2. The maximum atomic E-state index is 13.0. The molecule has 8 heteroatoms. The molecule has 1 aliphatic rings. The van der Waals surface area contributed by atoms with E-state index in [2.05, 4.69) is 5.32 Å². The first-order valence-electron chi connectivity index (χ1n) is 9.91. The van der Waals surface area contributed by atoms with Gasteiger partial charge in [0, 0.05) is 30.8 Å². The van der Waals surface area contributed by atoms with Crippen LogP contribution in [-0.4, -0.2) is 45.3 Å². The first kappa shape index (κ1) is 22.3. The zero-order chi connectivity index (χ0) is 22.8. The lowest BCUT2D eigenvalue weighted by atomic mass is 10.0. The molecule has 0 aliphatic carbocycles. The molecule has 8 nitrogen and oxygen atoms in total. The first-order chi connectivity index (χ1) is 14.7. The van der Waals surface area contributed by atoms with E-state index in [-0.39, 0.29) is 24.8 Å². The Morgan fingerprint density at radius 3 is 2.29 bits per heavy atom. The van der Waals surface area contributed by atoms with Gasteiger partial charge in [-0.25, -0.2) is 0 Å². The van der Waals surface area contributed by atoms with Crippen LogP contribution in [0.5, 0.6) is 23.0 Å². The molecule has 166 valence electrons. The lowest BCUT2D eigenvalue weighted by Gasteiger charge is -2.38. The third-order valence-corrected chi connectivity index (χ3v) is 5.04. The van der Waals surface area contributed by atoms with Crippen LogP contribution in [0.2, 0.25) is 0 Å². The minimum atomic E-state index is -1.00. The number of ether oxygens (including phenoxy) is 4. The van der Waals surface area contributed by atoms with Gasteiger partial charge in [0.15, 0.2) is 17.1 Å². The fourth-order valence-corrected chi connectivity index (χ4v) is 3.49. The number of hydrogen-bond donors (Lipinski definition) is 1. The van der Waals surface area contributed by atoms with Gasteiger partial charge in [-0.3, -0.25) is 9.59 Å². The van der Waals surface area contributed by atoms with Crippen LogP contribution in [-0.2, 0) is 9.59 Å². The standard InChI is InChI=1S/C23H28N2O6/c1-14-7-8-17-16(11-14)25(22(27)23(2,3)31-17)10-9-20(26)24-15-12-18(28-4)21(30-6)19(13-15)29-5/h7-8,11-13H,9-10H2,1-6H3,(H,24,26). The number of nitrogens with zero attached hydrogens (tertiary/aromatic N) is 1. The van der Waals surface area contributed by atoms with Crippen molar-refractivity contribution in [2.24, 2.45) is 0 Å². The van der Waals surface area contributed by atoms with Crippen LogP contribution in [0.4, 0.5) is 11.4 Å². The van der Waals surface area contributed by atoms with Gasteiger partial charge in [0.1, 0.15) is 5.75 Å². The Balaban J connectivity index is 1.77. The van der Waals surface area contributed by atoms with Crippen molar-refractivity contribution in [1.29, 1.82) is 0 Å². The van der Waals surface area contributed by atoms with Gasteiger partial charge in [-0.05, 0) is 38.5 Å². The Hall–Kier alpha value is -3.42. The van der Waals surface area contributed by atoms with Gasteiger partial charge in [-0.15, -0.1) is 0 Å². The molecule has 0 aromatic heterocycles. The zero-order valence-corrected chi connectivity index (χ0v) is 18.7. The molecular weight excluding hydrogens is 400 g/mol. The summed E-state index contributed by atoms with van der Waals surface area (Å²) in [5.74, 6) is 1.50. The molecule has 0 unspecified atom stereocenters. The number of nitrogens with one attached hydrogen (secondary N) is 1. The molecule has 31 heavy (non-hydrogen) atoms. The summed E-state index contributed by atoms with van der Waals surface area (Å²) in [6.07, 6.45) is 0.103. The molecule has 1 heterocycles. The van der Waals surface area contributed by atoms with Crippen LogP contribution in [0.15, 0.2) is 30.3 Å². The van der Waals surface area contributed by atoms with E-state index in [0.717, 1.165) is 5.56 Å². The number of hydrogen-bond acceptors (Lipinski definition) is 6. The normalized spacial score (nSPS) is 14.4. The number of methoxy groups -OCH3 is 3. The van der Waals surface area contributed by atoms with Gasteiger partial charge < -0.3 is 29.2 Å². The minimum absolute atomic E-state index is 0.103. The molecule has 0 atom stereocenters. The number of carbonyl (C=O) groups excluding carboxylic acids is 2. The first-order valence-corrected chi connectivity index (χ1v) is 9.91. The predicted molar refractivity (Wildman–Crippen MR) is 118 cm³/mol. The summed E-state index contributed by atoms with van der Waals surface area (Å²) in [5, 5.41) is 2.83. The van der Waals surface area contributed by atoms with Crippen molar-refractivity contribution in [2.45, 2.75) is 32.8 Å². The highest BCUT2D eigenvalue weighted by Gasteiger charge is 2.40. The Morgan fingerprint density at radius 1 is 1.06 bits per heavy atom. The van der Waals surface area contributed by atoms with Crippen LogP contribution in [0, 0.1) is 6.92 Å². The monoisotopic (exact) mass is 428 g/mol. The topological polar surface area (TPSA) is 86.3 Å². The number of carbonyl (C=O) groups is 2. The van der Waals surface area contributed by atoms with E-state index in [9.17, 15) is 9.59 Å². The van der Waals surface area contributed by atoms with Crippen LogP contribution in [0.3, 0.4) is 0 Å². The SMILES string of the molecule is COc1cc(NC(=O)CCN2C(=O)C(C)(C)Oc3ccc(C)cc32)cc(OC)c1OC. The molecule has 1 N–H and O–H groups in total. The van der Waals surface area contributed by atoms with Gasteiger partial charge in [0.2, 0.25) is 11.7 Å². The van der Waals surface area contributed by atoms with Gasteiger partial charge in [-0.1, -0.05) is 6.07 Å². The highest BCUT2D eigenvalue weighted by Crippen LogP contribution is 2.40. The molecule has 0 spiro atoms. The number of amides is 2. The second kappa shape index (κ2) is 8.75. The predicted octanol–water partition coefficient (Wildman–Crippen LogP) is 3.55. The van der Waals surface area contributed by atoms with E-state index in [0.29, 0.717) is 34.4 Å². The van der Waals surface area contributed by atoms with Crippen molar-refractivity contribution in [1.82, 2.24) is 0 Å². The Kier molecular flexibility index (Phi) is 6.29. The van der Waals surface area contributed by atoms with Gasteiger partial charge in [-0.2, -0.15) is 0 Å². The molecule has 2 aromatic rings. The number of benzene rings is 2. The Bertz CT molecular complexity index is 977. The van der Waals surface area contributed by atoms with Crippen molar-refractivity contribution < 1.29 is 28.5 Å². The highest BCUT2D eigenvalue weighted by atomic mass is 16.5. The summed E-state index contributed by atoms with van der Waals surface area (Å²) < 4.78 is 21.8. The van der Waals surface area contributed by atoms with Crippen molar-refractivity contribution in [3.8, 4) is 23.0 Å². The van der Waals surface area contributed by atoms with Gasteiger partial charge >= 0.3 is 0 Å². The number of aryl methyl sites for hydroxylation is 1. The fraction of sp³-hybridized carbons (Fsp3) is 0.391. The summed E-state index contributed by atoms with van der Waals surface area (Å²) >= 11 is 0. The summed E-state index contributed by atoms with van der Waals surface area (Å²) in [6, 6.07) is 8.98. The smallest absolute Gasteiger partial charge is 0.270 e. The molecule has 0 radical (unpaired) electrons. The molecule has 0 saturated heterocycles. The van der Waals surface area contributed by atoms with E-state index in [1.54, 1.807) is 30.9 Å². The average Bonchev–Trinajstić information content (AvgIpc) is 2.73. The van der Waals surface area contributed by atoms with E-state index in [1.807, 2.05) is 25.1 Å². The molecule has 0 saturated carbocycles. The van der Waals surface area contributed by atoms with E-state index in [1.165, 1.54) is 21.3 Å². The molecule has 2 aromatic carbocycles. The van der Waals surface area contributed by atoms with Crippen LogP contribution >= 0.6 is 0 Å². The summed E-state index contributed by atoms with van der Waals surface area (Å²) in [5.41, 5.74) is 1.17. The molecule has 0 bridgehead atoms. The maximum absolute atomic E-state index is 13.0. The lowest BCUT2D eigenvalue weighted by Crippen LogP contribution is -2.53. The van der Waals surface area contributed by atoms with Crippen LogP contribution in [0.1, 0.15) is 25.8 Å². The number of fused-ring (bicyclic) bond motifs is 1. The highest BCUT2D eigenvalue weighted by molar-refractivity contribution is 6.03. The largest absolute Gasteiger partial charge is 0.493 e. The second-order valence-corrected chi connectivity index (χ2v) is 7.75.